The Morgan fingerprint density at radius 1 is 1.28 bits per heavy atom. The first-order chi connectivity index (χ1) is 13.7. The molecule has 10 heteroatoms. The van der Waals surface area contributed by atoms with Crippen molar-refractivity contribution in [1.29, 1.82) is 0 Å². The number of hydrogen-bond donors (Lipinski definition) is 2. The summed E-state index contributed by atoms with van der Waals surface area (Å²) in [4.78, 5) is 23.8. The van der Waals surface area contributed by atoms with Crippen LogP contribution in [0.15, 0.2) is 12.4 Å². The van der Waals surface area contributed by atoms with Gasteiger partial charge in [0.25, 0.3) is 5.91 Å². The van der Waals surface area contributed by atoms with E-state index in [9.17, 15) is 22.8 Å². The number of aryl methyl sites for hydroxylation is 2. The summed E-state index contributed by atoms with van der Waals surface area (Å²) in [5.41, 5.74) is 6.26. The second kappa shape index (κ2) is 8.30. The van der Waals surface area contributed by atoms with Crippen LogP contribution in [0.1, 0.15) is 59.9 Å². The molecule has 2 amide bonds. The number of hydrogen-bond acceptors (Lipinski definition) is 3. The van der Waals surface area contributed by atoms with Gasteiger partial charge < -0.3 is 15.6 Å². The predicted octanol–water partition coefficient (Wildman–Crippen LogP) is 3.12. The zero-order valence-electron chi connectivity index (χ0n) is 16.2. The van der Waals surface area contributed by atoms with Crippen molar-refractivity contribution in [2.45, 2.75) is 64.7 Å². The molecule has 0 fully saturated rings. The van der Waals surface area contributed by atoms with Gasteiger partial charge in [0.15, 0.2) is 0 Å². The van der Waals surface area contributed by atoms with E-state index < -0.39 is 17.6 Å². The molecule has 2 heterocycles. The maximum atomic E-state index is 13.3. The molecule has 0 aliphatic heterocycles. The third-order valence-electron chi connectivity index (χ3n) is 5.15. The van der Waals surface area contributed by atoms with E-state index in [1.165, 1.54) is 17.1 Å². The number of rotatable bonds is 7. The standard InChI is InChI=1S/C19H24F3N5O2/c1-2-27-17(18(23)29)14(10-24-27)25-16(28)8-5-9-26-11-13(19(20,21)22)12-6-3-4-7-15(12)26/h10-11H,2-9H2,1H3,(H2,23,29)(H,25,28). The Bertz CT molecular complexity index is 914. The third-order valence-corrected chi connectivity index (χ3v) is 5.15. The minimum absolute atomic E-state index is 0.101. The zero-order chi connectivity index (χ0) is 21.2. The van der Waals surface area contributed by atoms with Gasteiger partial charge in [0.1, 0.15) is 5.69 Å². The Balaban J connectivity index is 1.64. The van der Waals surface area contributed by atoms with Crippen molar-refractivity contribution in [3.63, 3.8) is 0 Å². The van der Waals surface area contributed by atoms with Gasteiger partial charge in [-0.15, -0.1) is 0 Å². The summed E-state index contributed by atoms with van der Waals surface area (Å²) < 4.78 is 42.9. The number of nitrogens with zero attached hydrogens (tertiary/aromatic N) is 3. The van der Waals surface area contributed by atoms with Gasteiger partial charge in [-0.05, 0) is 44.6 Å². The van der Waals surface area contributed by atoms with E-state index in [4.69, 9.17) is 5.73 Å². The van der Waals surface area contributed by atoms with Crippen LogP contribution in [0.5, 0.6) is 0 Å². The number of aromatic nitrogens is 3. The summed E-state index contributed by atoms with van der Waals surface area (Å²) in [5.74, 6) is -1.04. The lowest BCUT2D eigenvalue weighted by Gasteiger charge is -2.16. The molecule has 3 rings (SSSR count). The Hall–Kier alpha value is -2.78. The Morgan fingerprint density at radius 2 is 2.00 bits per heavy atom. The zero-order valence-corrected chi connectivity index (χ0v) is 16.2. The molecule has 7 nitrogen and oxygen atoms in total. The van der Waals surface area contributed by atoms with E-state index in [0.717, 1.165) is 18.5 Å². The van der Waals surface area contributed by atoms with Crippen molar-refractivity contribution in [2.24, 2.45) is 5.73 Å². The summed E-state index contributed by atoms with van der Waals surface area (Å²) in [6.45, 7) is 2.54. The largest absolute Gasteiger partial charge is 0.418 e. The highest BCUT2D eigenvalue weighted by molar-refractivity contribution is 6.01. The molecule has 1 aliphatic rings. The summed E-state index contributed by atoms with van der Waals surface area (Å²) in [6.07, 6.45) is 1.33. The van der Waals surface area contributed by atoms with E-state index in [1.807, 2.05) is 0 Å². The molecule has 2 aromatic heterocycles. The van der Waals surface area contributed by atoms with Gasteiger partial charge in [0.2, 0.25) is 5.91 Å². The number of alkyl halides is 3. The molecule has 0 atom stereocenters. The van der Waals surface area contributed by atoms with Gasteiger partial charge in [-0.1, -0.05) is 0 Å². The Kier molecular flexibility index (Phi) is 5.99. The quantitative estimate of drug-likeness (QED) is 0.733. The molecule has 0 bridgehead atoms. The molecular formula is C19H24F3N5O2. The first-order valence-corrected chi connectivity index (χ1v) is 9.66. The number of amides is 2. The fourth-order valence-electron chi connectivity index (χ4n) is 3.85. The molecular weight excluding hydrogens is 387 g/mol. The topological polar surface area (TPSA) is 94.9 Å². The van der Waals surface area contributed by atoms with Crippen LogP contribution in [0, 0.1) is 0 Å². The Morgan fingerprint density at radius 3 is 2.66 bits per heavy atom. The van der Waals surface area contributed by atoms with Crippen LogP contribution in [0.4, 0.5) is 18.9 Å². The molecule has 0 spiro atoms. The van der Waals surface area contributed by atoms with E-state index in [1.54, 1.807) is 11.5 Å². The van der Waals surface area contributed by atoms with Crippen molar-refractivity contribution in [3.05, 3.63) is 34.9 Å². The molecule has 158 valence electrons. The van der Waals surface area contributed by atoms with Crippen LogP contribution in [0.25, 0.3) is 0 Å². The van der Waals surface area contributed by atoms with E-state index in [-0.39, 0.29) is 23.7 Å². The number of nitrogens with two attached hydrogens (primary N) is 1. The van der Waals surface area contributed by atoms with E-state index >= 15 is 0 Å². The van der Waals surface area contributed by atoms with Gasteiger partial charge in [0.05, 0.1) is 17.4 Å². The second-order valence-corrected chi connectivity index (χ2v) is 7.10. The molecule has 0 aromatic carbocycles. The lowest BCUT2D eigenvalue weighted by Crippen LogP contribution is -2.21. The van der Waals surface area contributed by atoms with Crippen LogP contribution < -0.4 is 11.1 Å². The highest BCUT2D eigenvalue weighted by atomic mass is 19.4. The fraction of sp³-hybridized carbons (Fsp3) is 0.526. The SMILES string of the molecule is CCn1ncc(NC(=O)CCCn2cc(C(F)(F)F)c3c2CCCC3)c1C(N)=O. The monoisotopic (exact) mass is 411 g/mol. The molecule has 0 saturated carbocycles. The lowest BCUT2D eigenvalue weighted by molar-refractivity contribution is -0.138. The summed E-state index contributed by atoms with van der Waals surface area (Å²) in [5, 5.41) is 6.61. The van der Waals surface area contributed by atoms with Crippen LogP contribution >= 0.6 is 0 Å². The second-order valence-electron chi connectivity index (χ2n) is 7.10. The Labute approximate surface area is 166 Å². The number of fused-ring (bicyclic) bond motifs is 1. The maximum absolute atomic E-state index is 13.3. The van der Waals surface area contributed by atoms with Crippen molar-refractivity contribution in [2.75, 3.05) is 5.32 Å². The van der Waals surface area contributed by atoms with Crippen molar-refractivity contribution >= 4 is 17.5 Å². The number of primary amides is 1. The first kappa shape index (κ1) is 20.9. The maximum Gasteiger partial charge on any atom is 0.418 e. The average molecular weight is 411 g/mol. The predicted molar refractivity (Wildman–Crippen MR) is 100 cm³/mol. The van der Waals surface area contributed by atoms with Crippen LogP contribution in [-0.2, 0) is 36.9 Å². The van der Waals surface area contributed by atoms with Crippen LogP contribution in [0.2, 0.25) is 0 Å². The van der Waals surface area contributed by atoms with E-state index in [0.29, 0.717) is 37.9 Å². The minimum Gasteiger partial charge on any atom is -0.364 e. The van der Waals surface area contributed by atoms with Crippen molar-refractivity contribution < 1.29 is 22.8 Å². The fourth-order valence-corrected chi connectivity index (χ4v) is 3.85. The average Bonchev–Trinajstić information content (AvgIpc) is 3.23. The van der Waals surface area contributed by atoms with Gasteiger partial charge in [0, 0.05) is 31.4 Å². The normalized spacial score (nSPS) is 13.9. The van der Waals surface area contributed by atoms with Crippen molar-refractivity contribution in [1.82, 2.24) is 14.3 Å². The van der Waals surface area contributed by atoms with Crippen molar-refractivity contribution in [3.8, 4) is 0 Å². The molecule has 2 aromatic rings. The van der Waals surface area contributed by atoms with Gasteiger partial charge in [-0.3, -0.25) is 14.3 Å². The van der Waals surface area contributed by atoms with Gasteiger partial charge in [-0.25, -0.2) is 0 Å². The first-order valence-electron chi connectivity index (χ1n) is 9.66. The van der Waals surface area contributed by atoms with Crippen LogP contribution in [-0.4, -0.2) is 26.2 Å². The molecule has 0 unspecified atom stereocenters. The number of nitrogens with one attached hydrogen (secondary N) is 1. The molecule has 1 aliphatic carbocycles. The van der Waals surface area contributed by atoms with Crippen LogP contribution in [0.3, 0.4) is 0 Å². The highest BCUT2D eigenvalue weighted by Crippen LogP contribution is 2.37. The highest BCUT2D eigenvalue weighted by Gasteiger charge is 2.37. The van der Waals surface area contributed by atoms with E-state index in [2.05, 4.69) is 10.4 Å². The number of halogens is 3. The molecule has 0 saturated heterocycles. The summed E-state index contributed by atoms with van der Waals surface area (Å²) in [6, 6.07) is 0. The van der Waals surface area contributed by atoms with Gasteiger partial charge in [-0.2, -0.15) is 18.3 Å². The molecule has 0 radical (unpaired) electrons. The lowest BCUT2D eigenvalue weighted by atomic mass is 9.95. The molecule has 3 N–H and O–H groups in total. The summed E-state index contributed by atoms with van der Waals surface area (Å²) >= 11 is 0. The number of carbonyl (C=O) groups excluding carboxylic acids is 2. The molecule has 29 heavy (non-hydrogen) atoms. The summed E-state index contributed by atoms with van der Waals surface area (Å²) in [7, 11) is 0. The van der Waals surface area contributed by atoms with Gasteiger partial charge >= 0.3 is 6.18 Å². The third kappa shape index (κ3) is 4.46. The smallest absolute Gasteiger partial charge is 0.364 e. The number of carbonyl (C=O) groups is 2. The number of anilines is 1. The minimum atomic E-state index is -4.37.